The van der Waals surface area contributed by atoms with Crippen molar-refractivity contribution in [2.24, 2.45) is 0 Å². The molecule has 9 nitrogen and oxygen atoms in total. The van der Waals surface area contributed by atoms with Gasteiger partial charge in [-0.1, -0.05) is 375 Å². The molecule has 0 heterocycles. The number of unbranched alkanes of at least 4 members (excludes halogenated alkanes) is 45. The molecule has 0 aliphatic heterocycles. The lowest BCUT2D eigenvalue weighted by Gasteiger charge is -2.25. The van der Waals surface area contributed by atoms with Gasteiger partial charge in [0.15, 0.2) is 6.10 Å². The average Bonchev–Trinajstić information content (AvgIpc) is 3.73. The molecule has 9 heteroatoms. The first-order valence-corrected chi connectivity index (χ1v) is 39.8. The molecule has 0 spiro atoms. The number of quaternary nitrogens is 1. The number of ether oxygens (including phenoxy) is 4. The largest absolute Gasteiger partial charge is 0.477 e. The van der Waals surface area contributed by atoms with Gasteiger partial charge in [0, 0.05) is 12.8 Å². The number of likely N-dealkylation sites (N-methyl/N-ethyl adjacent to an activating group) is 1. The van der Waals surface area contributed by atoms with E-state index in [-0.39, 0.29) is 38.2 Å². The Morgan fingerprint density at radius 1 is 0.333 bits per heavy atom. The molecule has 0 rings (SSSR count). The van der Waals surface area contributed by atoms with E-state index in [2.05, 4.69) is 98.9 Å². The fourth-order valence-corrected chi connectivity index (χ4v) is 11.6. The minimum Gasteiger partial charge on any atom is -0.477 e. The predicted molar refractivity (Wildman–Crippen MR) is 401 cm³/mol. The van der Waals surface area contributed by atoms with Gasteiger partial charge in [0.25, 0.3) is 6.29 Å². The maximum atomic E-state index is 13.0. The fourth-order valence-electron chi connectivity index (χ4n) is 11.6. The van der Waals surface area contributed by atoms with E-state index >= 15 is 0 Å². The van der Waals surface area contributed by atoms with Crippen LogP contribution in [0.4, 0.5) is 0 Å². The number of carboxylic acids is 1. The standard InChI is InChI=1S/C84H151NO8/c1-6-8-10-12-14-16-18-20-22-24-26-28-30-32-34-36-38-39-40-41-42-43-45-47-49-51-53-55-57-59-61-63-65-67-69-71-73-75-82(87)93-80(79-92-84(83(88)89)90-77-76-85(3,4)5)78-91-81(86)74-72-70-68-66-64-62-60-58-56-54-52-50-48-46-44-37-35-33-31-29-27-25-23-21-19-17-15-13-11-9-7-2/h8,10,14,16,20,22,26,28,32,34,38-39,41-42,80,84H,6-7,9,11-13,15,17-19,21,23-25,27,29-31,33,35-37,40,43-79H2,1-5H3/p+1/b10-8-,16-14-,22-20-,28-26-,34-32-,39-38-,42-41-. The lowest BCUT2D eigenvalue weighted by molar-refractivity contribution is -0.870. The fraction of sp³-hybridized carbons (Fsp3) is 0.798. The Bertz CT molecular complexity index is 1810. The van der Waals surface area contributed by atoms with Gasteiger partial charge >= 0.3 is 17.9 Å². The van der Waals surface area contributed by atoms with Crippen LogP contribution in [0.2, 0.25) is 0 Å². The van der Waals surface area contributed by atoms with Gasteiger partial charge < -0.3 is 28.5 Å². The normalized spacial score (nSPS) is 13.1. The van der Waals surface area contributed by atoms with Crippen molar-refractivity contribution in [3.63, 3.8) is 0 Å². The zero-order valence-corrected chi connectivity index (χ0v) is 61.9. The second-order valence-electron chi connectivity index (χ2n) is 28.0. The minimum atomic E-state index is -1.51. The summed E-state index contributed by atoms with van der Waals surface area (Å²) < 4.78 is 23.1. The van der Waals surface area contributed by atoms with E-state index in [1.807, 2.05) is 21.1 Å². The molecule has 93 heavy (non-hydrogen) atoms. The molecule has 2 atom stereocenters. The van der Waals surface area contributed by atoms with Gasteiger partial charge in [-0.15, -0.1) is 0 Å². The second-order valence-corrected chi connectivity index (χ2v) is 28.0. The summed E-state index contributed by atoms with van der Waals surface area (Å²) in [5, 5.41) is 9.77. The monoisotopic (exact) mass is 1300 g/mol. The molecule has 0 saturated carbocycles. The topological polar surface area (TPSA) is 108 Å². The lowest BCUT2D eigenvalue weighted by Crippen LogP contribution is -2.40. The summed E-state index contributed by atoms with van der Waals surface area (Å²) in [5.74, 6) is -1.98. The third-order valence-corrected chi connectivity index (χ3v) is 17.7. The number of rotatable bonds is 74. The average molecular weight is 1300 g/mol. The Kier molecular flexibility index (Phi) is 71.4. The zero-order valence-electron chi connectivity index (χ0n) is 61.9. The third kappa shape index (κ3) is 75.7. The molecule has 0 saturated heterocycles. The van der Waals surface area contributed by atoms with Crippen molar-refractivity contribution >= 4 is 17.9 Å². The van der Waals surface area contributed by atoms with Crippen LogP contribution in [0.15, 0.2) is 85.1 Å². The zero-order chi connectivity index (χ0) is 67.5. The molecule has 0 aliphatic carbocycles. The Balaban J connectivity index is 4.02. The van der Waals surface area contributed by atoms with Gasteiger partial charge in [-0.05, 0) is 70.6 Å². The maximum Gasteiger partial charge on any atom is 0.361 e. The number of hydrogen-bond acceptors (Lipinski definition) is 7. The molecule has 0 aromatic carbocycles. The number of carbonyl (C=O) groups excluding carboxylic acids is 2. The van der Waals surface area contributed by atoms with E-state index in [1.54, 1.807) is 0 Å². The van der Waals surface area contributed by atoms with E-state index in [1.165, 1.54) is 263 Å². The molecule has 0 radical (unpaired) electrons. The Morgan fingerprint density at radius 3 is 0.914 bits per heavy atom. The molecular formula is C84H152NO8+. The molecule has 1 N–H and O–H groups in total. The van der Waals surface area contributed by atoms with Crippen molar-refractivity contribution in [1.82, 2.24) is 0 Å². The molecule has 2 unspecified atom stereocenters. The van der Waals surface area contributed by atoms with Gasteiger partial charge in [-0.3, -0.25) is 9.59 Å². The quantitative estimate of drug-likeness (QED) is 0.0211. The number of carbonyl (C=O) groups is 3. The number of nitrogens with zero attached hydrogens (tertiary/aromatic N) is 1. The highest BCUT2D eigenvalue weighted by Gasteiger charge is 2.25. The van der Waals surface area contributed by atoms with Crippen LogP contribution in [0, 0.1) is 0 Å². The molecule has 0 aliphatic rings. The van der Waals surface area contributed by atoms with E-state index in [4.69, 9.17) is 18.9 Å². The number of carboxylic acid groups (broad SMARTS) is 1. The second kappa shape index (κ2) is 74.3. The number of hydrogen-bond donors (Lipinski definition) is 1. The Hall–Kier alpha value is -3.53. The Labute approximate surface area is 576 Å². The molecule has 0 fully saturated rings. The predicted octanol–water partition coefficient (Wildman–Crippen LogP) is 25.4. The van der Waals surface area contributed by atoms with Crippen LogP contribution in [0.3, 0.4) is 0 Å². The van der Waals surface area contributed by atoms with Crippen LogP contribution in [-0.4, -0.2) is 87.4 Å². The molecule has 0 aromatic heterocycles. The summed E-state index contributed by atoms with van der Waals surface area (Å²) in [5.41, 5.74) is 0. The Morgan fingerprint density at radius 2 is 0.613 bits per heavy atom. The van der Waals surface area contributed by atoms with Crippen LogP contribution < -0.4 is 0 Å². The minimum absolute atomic E-state index is 0.179. The lowest BCUT2D eigenvalue weighted by atomic mass is 10.0. The van der Waals surface area contributed by atoms with Crippen molar-refractivity contribution in [1.29, 1.82) is 0 Å². The van der Waals surface area contributed by atoms with Crippen molar-refractivity contribution in [2.45, 2.75) is 386 Å². The summed E-state index contributed by atoms with van der Waals surface area (Å²) in [4.78, 5) is 37.7. The maximum absolute atomic E-state index is 13.0. The SMILES string of the molecule is CC/C=C\C/C=C\C/C=C\C/C=C\C/C=C\C/C=C\C/C=C\CCCCCCCCCCCCCCCCCC(=O)OC(COC(=O)CCCCCCCCCCCCCCCCCCCCCCCCCCCCCCCCC)COC(OCC[N+](C)(C)C)C(=O)O. The smallest absolute Gasteiger partial charge is 0.361 e. The summed E-state index contributed by atoms with van der Waals surface area (Å²) >= 11 is 0. The third-order valence-electron chi connectivity index (χ3n) is 17.7. The summed E-state index contributed by atoms with van der Waals surface area (Å²) in [7, 11) is 5.99. The highest BCUT2D eigenvalue weighted by Crippen LogP contribution is 2.19. The van der Waals surface area contributed by atoms with Crippen molar-refractivity contribution in [2.75, 3.05) is 47.5 Å². The van der Waals surface area contributed by atoms with Gasteiger partial charge in [0.2, 0.25) is 0 Å². The van der Waals surface area contributed by atoms with Crippen LogP contribution in [0.25, 0.3) is 0 Å². The van der Waals surface area contributed by atoms with E-state index in [0.717, 1.165) is 83.5 Å². The first kappa shape index (κ1) is 89.5. The van der Waals surface area contributed by atoms with Crippen LogP contribution >= 0.6 is 0 Å². The van der Waals surface area contributed by atoms with Crippen molar-refractivity contribution in [3.8, 4) is 0 Å². The first-order chi connectivity index (χ1) is 45.6. The molecular weight excluding hydrogens is 1150 g/mol. The summed E-state index contributed by atoms with van der Waals surface area (Å²) in [6.45, 7) is 4.82. The van der Waals surface area contributed by atoms with E-state index in [9.17, 15) is 19.5 Å². The molecule has 0 bridgehead atoms. The van der Waals surface area contributed by atoms with E-state index < -0.39 is 18.4 Å². The van der Waals surface area contributed by atoms with Gasteiger partial charge in [0.05, 0.1) is 34.4 Å². The van der Waals surface area contributed by atoms with Gasteiger partial charge in [-0.25, -0.2) is 4.79 Å². The van der Waals surface area contributed by atoms with Crippen LogP contribution in [-0.2, 0) is 33.3 Å². The molecule has 0 aromatic rings. The number of allylic oxidation sites excluding steroid dienone is 14. The molecule has 0 amide bonds. The van der Waals surface area contributed by atoms with E-state index in [0.29, 0.717) is 17.4 Å². The summed E-state index contributed by atoms with van der Waals surface area (Å²) in [6, 6.07) is 0. The summed E-state index contributed by atoms with van der Waals surface area (Å²) in [6.07, 6.45) is 98.8. The van der Waals surface area contributed by atoms with Crippen molar-refractivity contribution < 1.29 is 42.9 Å². The molecule has 540 valence electrons. The highest BCUT2D eigenvalue weighted by molar-refractivity contribution is 5.71. The van der Waals surface area contributed by atoms with Gasteiger partial charge in [-0.2, -0.15) is 0 Å². The van der Waals surface area contributed by atoms with Crippen LogP contribution in [0.1, 0.15) is 373 Å². The van der Waals surface area contributed by atoms with Crippen LogP contribution in [0.5, 0.6) is 0 Å². The van der Waals surface area contributed by atoms with Gasteiger partial charge in [0.1, 0.15) is 13.2 Å². The highest BCUT2D eigenvalue weighted by atomic mass is 16.7. The number of aliphatic carboxylic acids is 1. The van der Waals surface area contributed by atoms with Crippen molar-refractivity contribution in [3.05, 3.63) is 85.1 Å². The first-order valence-electron chi connectivity index (χ1n) is 39.8. The number of esters is 2.